The summed E-state index contributed by atoms with van der Waals surface area (Å²) in [7, 11) is 1.67. The summed E-state index contributed by atoms with van der Waals surface area (Å²) >= 11 is 6.76. The number of carbonyl (C=O) groups is 1. The highest BCUT2D eigenvalue weighted by atomic mass is 32.2. The smallest absolute Gasteiger partial charge is 0.270 e. The number of pyridine rings is 1. The van der Waals surface area contributed by atoms with Gasteiger partial charge in [-0.05, 0) is 38.0 Å². The van der Waals surface area contributed by atoms with Gasteiger partial charge in [-0.25, -0.2) is 0 Å². The van der Waals surface area contributed by atoms with E-state index < -0.39 is 0 Å². The van der Waals surface area contributed by atoms with E-state index in [1.165, 1.54) is 16.3 Å². The van der Waals surface area contributed by atoms with Crippen LogP contribution in [-0.2, 0) is 23.1 Å². The number of nitriles is 1. The lowest BCUT2D eigenvalue weighted by Gasteiger charge is -2.38. The molecule has 0 N–H and O–H groups in total. The van der Waals surface area contributed by atoms with Crippen LogP contribution in [0.25, 0.3) is 6.08 Å². The van der Waals surface area contributed by atoms with Crippen molar-refractivity contribution in [1.29, 1.82) is 5.26 Å². The van der Waals surface area contributed by atoms with Gasteiger partial charge in [-0.3, -0.25) is 19.1 Å². The molecule has 0 unspecified atom stereocenters. The Hall–Kier alpha value is -2.93. The van der Waals surface area contributed by atoms with E-state index in [9.17, 15) is 14.9 Å². The van der Waals surface area contributed by atoms with E-state index in [1.807, 2.05) is 50.2 Å². The van der Waals surface area contributed by atoms with Gasteiger partial charge < -0.3 is 9.64 Å². The van der Waals surface area contributed by atoms with Crippen LogP contribution < -0.4 is 10.5 Å². The zero-order chi connectivity index (χ0) is 24.6. The third kappa shape index (κ3) is 4.53. The number of morpholine rings is 1. The van der Waals surface area contributed by atoms with Gasteiger partial charge in [0.25, 0.3) is 11.5 Å². The van der Waals surface area contributed by atoms with Crippen LogP contribution in [0.2, 0.25) is 0 Å². The molecule has 7 nitrogen and oxygen atoms in total. The van der Waals surface area contributed by atoms with Crippen molar-refractivity contribution in [2.24, 2.45) is 7.05 Å². The molecule has 2 atom stereocenters. The average molecular weight is 495 g/mol. The Labute approximate surface area is 208 Å². The van der Waals surface area contributed by atoms with E-state index in [2.05, 4.69) is 4.90 Å². The number of thioether (sulfide) groups is 1. The molecule has 2 fully saturated rings. The number of nitrogens with zero attached hydrogens (tertiary/aromatic N) is 4. The van der Waals surface area contributed by atoms with Crippen molar-refractivity contribution >= 4 is 46.1 Å². The van der Waals surface area contributed by atoms with Crippen molar-refractivity contribution in [3.05, 3.63) is 67.8 Å². The highest BCUT2D eigenvalue weighted by Gasteiger charge is 2.34. The molecule has 3 heterocycles. The van der Waals surface area contributed by atoms with E-state index in [1.54, 1.807) is 24.9 Å². The first kappa shape index (κ1) is 24.2. The number of hydrogen-bond donors (Lipinski definition) is 0. The molecule has 0 spiro atoms. The Morgan fingerprint density at radius 3 is 2.47 bits per heavy atom. The molecule has 2 aromatic rings. The minimum atomic E-state index is -0.351. The van der Waals surface area contributed by atoms with E-state index in [0.717, 1.165) is 5.56 Å². The van der Waals surface area contributed by atoms with Gasteiger partial charge in [-0.1, -0.05) is 54.3 Å². The fraction of sp³-hybridized carbons (Fsp3) is 0.360. The third-order valence-corrected chi connectivity index (χ3v) is 7.40. The Morgan fingerprint density at radius 1 is 1.21 bits per heavy atom. The monoisotopic (exact) mass is 494 g/mol. The summed E-state index contributed by atoms with van der Waals surface area (Å²) in [6, 6.07) is 11.7. The first-order valence-corrected chi connectivity index (χ1v) is 12.3. The van der Waals surface area contributed by atoms with Crippen molar-refractivity contribution in [2.75, 3.05) is 18.0 Å². The van der Waals surface area contributed by atoms with Crippen LogP contribution in [-0.4, -0.2) is 45.0 Å². The number of amides is 1. The number of aromatic nitrogens is 1. The molecule has 4 rings (SSSR count). The molecule has 34 heavy (non-hydrogen) atoms. The van der Waals surface area contributed by atoms with Crippen molar-refractivity contribution < 1.29 is 9.53 Å². The predicted octanol–water partition coefficient (Wildman–Crippen LogP) is 3.58. The molecule has 0 radical (unpaired) electrons. The van der Waals surface area contributed by atoms with Crippen LogP contribution in [0.5, 0.6) is 0 Å². The first-order valence-electron chi connectivity index (χ1n) is 11.0. The van der Waals surface area contributed by atoms with Crippen LogP contribution >= 0.6 is 24.0 Å². The first-order chi connectivity index (χ1) is 16.2. The number of hydrogen-bond acceptors (Lipinski definition) is 7. The fourth-order valence-corrected chi connectivity index (χ4v) is 5.72. The summed E-state index contributed by atoms with van der Waals surface area (Å²) < 4.78 is 7.87. The fourth-order valence-electron chi connectivity index (χ4n) is 4.48. The second-order valence-corrected chi connectivity index (χ2v) is 10.3. The van der Waals surface area contributed by atoms with Crippen molar-refractivity contribution in [1.82, 2.24) is 9.47 Å². The van der Waals surface area contributed by atoms with E-state index >= 15 is 0 Å². The maximum absolute atomic E-state index is 13.3. The van der Waals surface area contributed by atoms with Crippen LogP contribution in [0.4, 0.5) is 5.82 Å². The lowest BCUT2D eigenvalue weighted by atomic mass is 10.0. The molecule has 0 aliphatic carbocycles. The van der Waals surface area contributed by atoms with Gasteiger partial charge in [0.15, 0.2) is 0 Å². The molecule has 2 aliphatic rings. The van der Waals surface area contributed by atoms with Gasteiger partial charge in [-0.2, -0.15) is 5.26 Å². The molecular formula is C25H26N4O3S2. The van der Waals surface area contributed by atoms with E-state index in [-0.39, 0.29) is 29.2 Å². The third-order valence-electron chi connectivity index (χ3n) is 6.02. The molecule has 9 heteroatoms. The van der Waals surface area contributed by atoms with Gasteiger partial charge in [0.2, 0.25) is 0 Å². The highest BCUT2D eigenvalue weighted by molar-refractivity contribution is 8.26. The summed E-state index contributed by atoms with van der Waals surface area (Å²) in [5, 5.41) is 9.68. The molecular weight excluding hydrogens is 468 g/mol. The average Bonchev–Trinajstić information content (AvgIpc) is 3.05. The maximum Gasteiger partial charge on any atom is 0.270 e. The Bertz CT molecular complexity index is 1270. The summed E-state index contributed by atoms with van der Waals surface area (Å²) in [6.07, 6.45) is 1.73. The van der Waals surface area contributed by atoms with E-state index in [4.69, 9.17) is 17.0 Å². The van der Waals surface area contributed by atoms with Gasteiger partial charge in [-0.15, -0.1) is 0 Å². The summed E-state index contributed by atoms with van der Waals surface area (Å²) in [5.41, 5.74) is 1.95. The lowest BCUT2D eigenvalue weighted by molar-refractivity contribution is -0.122. The number of rotatable bonds is 4. The quantitative estimate of drug-likeness (QED) is 0.475. The number of benzene rings is 1. The van der Waals surface area contributed by atoms with Gasteiger partial charge >= 0.3 is 0 Å². The number of carbonyl (C=O) groups excluding carboxylic acids is 1. The zero-order valence-electron chi connectivity index (χ0n) is 19.6. The SMILES string of the molecule is Cc1c(/C=C2\SC(=S)N(Cc3ccccc3)C2=O)c(N2C[C@H](C)O[C@@H](C)C2)n(C)c(=O)c1C#N. The van der Waals surface area contributed by atoms with Gasteiger partial charge in [0.05, 0.1) is 23.7 Å². The molecule has 2 saturated heterocycles. The van der Waals surface area contributed by atoms with Crippen LogP contribution in [0, 0.1) is 18.3 Å². The van der Waals surface area contributed by atoms with Gasteiger partial charge in [0.1, 0.15) is 21.8 Å². The lowest BCUT2D eigenvalue weighted by Crippen LogP contribution is -2.47. The minimum Gasteiger partial charge on any atom is -0.372 e. The Morgan fingerprint density at radius 2 is 1.85 bits per heavy atom. The summed E-state index contributed by atoms with van der Waals surface area (Å²) in [6.45, 7) is 7.33. The van der Waals surface area contributed by atoms with Crippen molar-refractivity contribution in [3.8, 4) is 6.07 Å². The minimum absolute atomic E-state index is 0.0215. The largest absolute Gasteiger partial charge is 0.372 e. The Kier molecular flexibility index (Phi) is 6.94. The molecule has 1 aromatic heterocycles. The molecule has 0 bridgehead atoms. The maximum atomic E-state index is 13.3. The van der Waals surface area contributed by atoms with Crippen molar-refractivity contribution in [3.63, 3.8) is 0 Å². The van der Waals surface area contributed by atoms with Crippen molar-refractivity contribution in [2.45, 2.75) is 39.5 Å². The second kappa shape index (κ2) is 9.74. The van der Waals surface area contributed by atoms with Crippen LogP contribution in [0.3, 0.4) is 0 Å². The normalized spacial score (nSPS) is 21.9. The number of thiocarbonyl (C=S) groups is 1. The molecule has 176 valence electrons. The molecule has 0 saturated carbocycles. The Balaban J connectivity index is 1.80. The second-order valence-electron chi connectivity index (χ2n) is 8.63. The number of ether oxygens (including phenoxy) is 1. The predicted molar refractivity (Wildman–Crippen MR) is 139 cm³/mol. The van der Waals surface area contributed by atoms with Crippen LogP contribution in [0.15, 0.2) is 40.0 Å². The van der Waals surface area contributed by atoms with Crippen LogP contribution in [0.1, 0.15) is 36.1 Å². The molecule has 1 amide bonds. The summed E-state index contributed by atoms with van der Waals surface area (Å²) in [4.78, 5) is 30.4. The molecule has 1 aromatic carbocycles. The molecule has 2 aliphatic heterocycles. The topological polar surface area (TPSA) is 78.6 Å². The number of anilines is 1. The standard InChI is InChI=1S/C25H26N4O3S2/c1-15-12-28(13-16(2)32-15)22-19(17(3)20(11-26)23(30)27(22)4)10-21-24(31)29(25(33)34-21)14-18-8-6-5-7-9-18/h5-10,15-16H,12-14H2,1-4H3/b21-10-/t15-,16-/m0/s1. The van der Waals surface area contributed by atoms with E-state index in [0.29, 0.717) is 45.8 Å². The highest BCUT2D eigenvalue weighted by Crippen LogP contribution is 2.36. The zero-order valence-corrected chi connectivity index (χ0v) is 21.2. The summed E-state index contributed by atoms with van der Waals surface area (Å²) in [5.74, 6) is 0.497. The van der Waals surface area contributed by atoms with Gasteiger partial charge in [0, 0.05) is 25.7 Å².